The molecule has 1 amide bonds. The van der Waals surface area contributed by atoms with Gasteiger partial charge in [-0.25, -0.2) is 4.39 Å². The number of alkyl halides is 1. The van der Waals surface area contributed by atoms with E-state index in [9.17, 15) is 9.18 Å². The van der Waals surface area contributed by atoms with Gasteiger partial charge in [0.15, 0.2) is 0 Å². The Hall–Kier alpha value is -1.09. The van der Waals surface area contributed by atoms with E-state index in [0.717, 1.165) is 25.8 Å². The smallest absolute Gasteiger partial charge is 0.254 e. The maximum Gasteiger partial charge on any atom is 0.254 e. The predicted molar refractivity (Wildman–Crippen MR) is 70.5 cm³/mol. The van der Waals surface area contributed by atoms with E-state index in [1.165, 1.54) is 12.1 Å². The number of piperidine rings is 1. The summed E-state index contributed by atoms with van der Waals surface area (Å²) >= 11 is 5.92. The Bertz CT molecular complexity index is 449. The number of likely N-dealkylation sites (tertiary alicyclic amines) is 1. The van der Waals surface area contributed by atoms with Crippen molar-refractivity contribution in [3.05, 3.63) is 35.1 Å². The van der Waals surface area contributed by atoms with E-state index < -0.39 is 0 Å². The number of amides is 1. The number of aryl methyl sites for hydroxylation is 1. The van der Waals surface area contributed by atoms with E-state index in [1.54, 1.807) is 13.0 Å². The fraction of sp³-hybridized carbons (Fsp3) is 0.500. The first-order chi connectivity index (χ1) is 8.63. The number of halogens is 2. The highest BCUT2D eigenvalue weighted by Crippen LogP contribution is 2.22. The number of nitrogens with zero attached hydrogens (tertiary/aromatic N) is 1. The molecule has 0 N–H and O–H groups in total. The molecular weight excluding hydrogens is 253 g/mol. The van der Waals surface area contributed by atoms with Crippen molar-refractivity contribution in [1.29, 1.82) is 0 Å². The molecule has 98 valence electrons. The monoisotopic (exact) mass is 269 g/mol. The zero-order valence-corrected chi connectivity index (χ0v) is 11.2. The summed E-state index contributed by atoms with van der Waals surface area (Å²) in [5, 5.41) is 0. The average Bonchev–Trinajstić information content (AvgIpc) is 2.38. The Morgan fingerprint density at radius 3 is 2.94 bits per heavy atom. The lowest BCUT2D eigenvalue weighted by Gasteiger charge is -2.35. The van der Waals surface area contributed by atoms with Crippen LogP contribution in [0.2, 0.25) is 0 Å². The topological polar surface area (TPSA) is 20.3 Å². The standard InChI is InChI=1S/C14H17ClFNO/c1-10-8-11(16)5-6-13(10)14(18)17-7-3-2-4-12(17)9-15/h5-6,8,12H,2-4,7,9H2,1H3. The normalized spacial score (nSPS) is 19.9. The molecule has 1 atom stereocenters. The van der Waals surface area contributed by atoms with Gasteiger partial charge >= 0.3 is 0 Å². The van der Waals surface area contributed by atoms with Gasteiger partial charge in [0.05, 0.1) is 0 Å². The maximum atomic E-state index is 13.0. The van der Waals surface area contributed by atoms with Gasteiger partial charge in [0, 0.05) is 24.0 Å². The van der Waals surface area contributed by atoms with Crippen LogP contribution in [0.4, 0.5) is 4.39 Å². The number of hydrogen-bond donors (Lipinski definition) is 0. The summed E-state index contributed by atoms with van der Waals surface area (Å²) in [4.78, 5) is 14.3. The van der Waals surface area contributed by atoms with Gasteiger partial charge in [-0.15, -0.1) is 11.6 Å². The van der Waals surface area contributed by atoms with E-state index in [2.05, 4.69) is 0 Å². The predicted octanol–water partition coefficient (Wildman–Crippen LogP) is 3.37. The van der Waals surface area contributed by atoms with E-state index in [0.29, 0.717) is 17.0 Å². The van der Waals surface area contributed by atoms with Gasteiger partial charge in [0.25, 0.3) is 5.91 Å². The zero-order valence-electron chi connectivity index (χ0n) is 10.5. The number of benzene rings is 1. The van der Waals surface area contributed by atoms with E-state index in [-0.39, 0.29) is 17.8 Å². The highest BCUT2D eigenvalue weighted by Gasteiger charge is 2.27. The first-order valence-corrected chi connectivity index (χ1v) is 6.80. The summed E-state index contributed by atoms with van der Waals surface area (Å²) in [5.41, 5.74) is 1.26. The second-order valence-electron chi connectivity index (χ2n) is 4.76. The maximum absolute atomic E-state index is 13.0. The van der Waals surface area contributed by atoms with Crippen LogP contribution in [0.5, 0.6) is 0 Å². The van der Waals surface area contributed by atoms with Crippen molar-refractivity contribution in [3.63, 3.8) is 0 Å². The van der Waals surface area contributed by atoms with Crippen molar-refractivity contribution in [3.8, 4) is 0 Å². The third-order valence-electron chi connectivity index (χ3n) is 3.48. The molecule has 18 heavy (non-hydrogen) atoms. The summed E-state index contributed by atoms with van der Waals surface area (Å²) in [6, 6.07) is 4.40. The molecule has 1 unspecified atom stereocenters. The van der Waals surface area contributed by atoms with E-state index in [4.69, 9.17) is 11.6 Å². The Morgan fingerprint density at radius 1 is 1.50 bits per heavy atom. The fourth-order valence-corrected chi connectivity index (χ4v) is 2.77. The van der Waals surface area contributed by atoms with Crippen molar-refractivity contribution in [1.82, 2.24) is 4.90 Å². The Kier molecular flexibility index (Phi) is 4.23. The molecule has 0 saturated carbocycles. The molecule has 2 rings (SSSR count). The molecule has 1 saturated heterocycles. The van der Waals surface area contributed by atoms with Gasteiger partial charge in [-0.1, -0.05) is 0 Å². The Morgan fingerprint density at radius 2 is 2.28 bits per heavy atom. The van der Waals surface area contributed by atoms with Crippen molar-refractivity contribution >= 4 is 17.5 Å². The van der Waals surface area contributed by atoms with Crippen molar-refractivity contribution in [2.24, 2.45) is 0 Å². The van der Waals surface area contributed by atoms with Gasteiger partial charge in [0.1, 0.15) is 5.82 Å². The average molecular weight is 270 g/mol. The highest BCUT2D eigenvalue weighted by atomic mass is 35.5. The molecule has 2 nitrogen and oxygen atoms in total. The molecule has 1 aliphatic rings. The summed E-state index contributed by atoms with van der Waals surface area (Å²) in [6.07, 6.45) is 3.08. The highest BCUT2D eigenvalue weighted by molar-refractivity contribution is 6.18. The molecule has 0 aromatic heterocycles. The van der Waals surface area contributed by atoms with Crippen LogP contribution in [-0.2, 0) is 0 Å². The van der Waals surface area contributed by atoms with Crippen LogP contribution in [0.15, 0.2) is 18.2 Å². The molecule has 1 aromatic carbocycles. The lowest BCUT2D eigenvalue weighted by atomic mass is 10.0. The van der Waals surface area contributed by atoms with Crippen LogP contribution < -0.4 is 0 Å². The van der Waals surface area contributed by atoms with Crippen LogP contribution in [-0.4, -0.2) is 29.3 Å². The van der Waals surface area contributed by atoms with Gasteiger partial charge in [-0.2, -0.15) is 0 Å². The van der Waals surface area contributed by atoms with Crippen molar-refractivity contribution in [2.45, 2.75) is 32.2 Å². The van der Waals surface area contributed by atoms with Crippen LogP contribution in [0.25, 0.3) is 0 Å². The summed E-state index contributed by atoms with van der Waals surface area (Å²) in [6.45, 7) is 2.50. The Labute approximate surface area is 112 Å². The first kappa shape index (κ1) is 13.3. The van der Waals surface area contributed by atoms with Crippen LogP contribution in [0, 0.1) is 12.7 Å². The molecule has 0 aliphatic carbocycles. The third-order valence-corrected chi connectivity index (χ3v) is 3.84. The Balaban J connectivity index is 2.24. The third kappa shape index (κ3) is 2.66. The molecule has 4 heteroatoms. The minimum Gasteiger partial charge on any atom is -0.334 e. The number of hydrogen-bond acceptors (Lipinski definition) is 1. The largest absolute Gasteiger partial charge is 0.334 e. The number of rotatable bonds is 2. The number of carbonyl (C=O) groups is 1. The van der Waals surface area contributed by atoms with Crippen LogP contribution in [0.3, 0.4) is 0 Å². The molecule has 0 radical (unpaired) electrons. The summed E-state index contributed by atoms with van der Waals surface area (Å²) in [5.74, 6) is 0.126. The van der Waals surface area contributed by atoms with E-state index in [1.807, 2.05) is 4.90 Å². The molecule has 1 fully saturated rings. The first-order valence-electron chi connectivity index (χ1n) is 6.26. The fourth-order valence-electron chi connectivity index (χ4n) is 2.45. The molecule has 1 heterocycles. The molecule has 0 spiro atoms. The lowest BCUT2D eigenvalue weighted by molar-refractivity contribution is 0.0638. The molecule has 1 aliphatic heterocycles. The second kappa shape index (κ2) is 5.70. The summed E-state index contributed by atoms with van der Waals surface area (Å²) < 4.78 is 13.0. The lowest BCUT2D eigenvalue weighted by Crippen LogP contribution is -2.44. The quantitative estimate of drug-likeness (QED) is 0.754. The minimum atomic E-state index is -0.309. The van der Waals surface area contributed by atoms with Gasteiger partial charge in [-0.05, 0) is 49.9 Å². The SMILES string of the molecule is Cc1cc(F)ccc1C(=O)N1CCCCC1CCl. The zero-order chi connectivity index (χ0) is 13.1. The van der Waals surface area contributed by atoms with Crippen LogP contribution in [0.1, 0.15) is 35.2 Å². The van der Waals surface area contributed by atoms with E-state index >= 15 is 0 Å². The van der Waals surface area contributed by atoms with Gasteiger partial charge in [0.2, 0.25) is 0 Å². The number of carbonyl (C=O) groups excluding carboxylic acids is 1. The van der Waals surface area contributed by atoms with Gasteiger partial charge < -0.3 is 4.90 Å². The molecule has 1 aromatic rings. The minimum absolute atomic E-state index is 0.0298. The van der Waals surface area contributed by atoms with Gasteiger partial charge in [-0.3, -0.25) is 4.79 Å². The molecular formula is C14H17ClFNO. The van der Waals surface area contributed by atoms with Crippen molar-refractivity contribution in [2.75, 3.05) is 12.4 Å². The van der Waals surface area contributed by atoms with Crippen LogP contribution >= 0.6 is 11.6 Å². The summed E-state index contributed by atoms with van der Waals surface area (Å²) in [7, 11) is 0. The second-order valence-corrected chi connectivity index (χ2v) is 5.07. The molecule has 0 bridgehead atoms. The van der Waals surface area contributed by atoms with Crippen molar-refractivity contribution < 1.29 is 9.18 Å².